The lowest BCUT2D eigenvalue weighted by Gasteiger charge is -2.06. The number of nitrogens with one attached hydrogen (secondary N) is 1. The molecular weight excluding hydrogens is 256 g/mol. The Kier molecular flexibility index (Phi) is 4.53. The maximum absolute atomic E-state index is 12.2. The van der Waals surface area contributed by atoms with Crippen molar-refractivity contribution in [2.24, 2.45) is 0 Å². The SMILES string of the molecule is CCc1noc(C)c1C(=O)NCc1ccc(CO)cc1. The van der Waals surface area contributed by atoms with Crippen molar-refractivity contribution in [3.63, 3.8) is 0 Å². The van der Waals surface area contributed by atoms with E-state index in [0.29, 0.717) is 30.0 Å². The molecule has 106 valence electrons. The predicted octanol–water partition coefficient (Wildman–Crippen LogP) is 1.97. The number of nitrogens with zero attached hydrogens (tertiary/aromatic N) is 1. The average Bonchev–Trinajstić information content (AvgIpc) is 2.86. The van der Waals surface area contributed by atoms with Crippen LogP contribution in [0.3, 0.4) is 0 Å². The number of hydrogen-bond acceptors (Lipinski definition) is 4. The van der Waals surface area contributed by atoms with Crippen LogP contribution in [0.2, 0.25) is 0 Å². The summed E-state index contributed by atoms with van der Waals surface area (Å²) in [4.78, 5) is 12.2. The van der Waals surface area contributed by atoms with Gasteiger partial charge in [0.05, 0.1) is 12.3 Å². The summed E-state index contributed by atoms with van der Waals surface area (Å²) in [7, 11) is 0. The van der Waals surface area contributed by atoms with Crippen molar-refractivity contribution in [3.8, 4) is 0 Å². The Hall–Kier alpha value is -2.14. The van der Waals surface area contributed by atoms with Gasteiger partial charge in [0.25, 0.3) is 5.91 Å². The first-order valence-corrected chi connectivity index (χ1v) is 6.57. The molecule has 1 amide bonds. The fourth-order valence-electron chi connectivity index (χ4n) is 1.98. The standard InChI is InChI=1S/C15H18N2O3/c1-3-13-14(10(2)20-17-13)15(19)16-8-11-4-6-12(9-18)7-5-11/h4-7,18H,3,8-9H2,1-2H3,(H,16,19). The van der Waals surface area contributed by atoms with Gasteiger partial charge in [-0.1, -0.05) is 36.3 Å². The molecule has 5 nitrogen and oxygen atoms in total. The Balaban J connectivity index is 2.02. The van der Waals surface area contributed by atoms with Crippen LogP contribution >= 0.6 is 0 Å². The third kappa shape index (κ3) is 3.05. The zero-order chi connectivity index (χ0) is 14.5. The molecule has 1 aromatic heterocycles. The van der Waals surface area contributed by atoms with E-state index in [0.717, 1.165) is 11.1 Å². The van der Waals surface area contributed by atoms with Crippen LogP contribution < -0.4 is 5.32 Å². The first kappa shape index (κ1) is 14.3. The second kappa shape index (κ2) is 6.34. The Morgan fingerprint density at radius 3 is 2.55 bits per heavy atom. The molecule has 0 radical (unpaired) electrons. The number of benzene rings is 1. The normalized spacial score (nSPS) is 10.6. The molecule has 0 aliphatic rings. The molecule has 0 spiro atoms. The van der Waals surface area contributed by atoms with Crippen LogP contribution in [0.25, 0.3) is 0 Å². The van der Waals surface area contributed by atoms with E-state index in [9.17, 15) is 4.79 Å². The molecule has 0 saturated heterocycles. The molecule has 2 N–H and O–H groups in total. The topological polar surface area (TPSA) is 75.4 Å². The molecule has 0 aliphatic heterocycles. The summed E-state index contributed by atoms with van der Waals surface area (Å²) in [5, 5.41) is 15.7. The van der Waals surface area contributed by atoms with E-state index in [1.807, 2.05) is 31.2 Å². The summed E-state index contributed by atoms with van der Waals surface area (Å²) < 4.78 is 5.05. The maximum atomic E-state index is 12.2. The van der Waals surface area contributed by atoms with Gasteiger partial charge in [0, 0.05) is 6.54 Å². The van der Waals surface area contributed by atoms with Crippen LogP contribution in [-0.4, -0.2) is 16.2 Å². The highest BCUT2D eigenvalue weighted by atomic mass is 16.5. The highest BCUT2D eigenvalue weighted by Crippen LogP contribution is 2.14. The number of carbonyl (C=O) groups excluding carboxylic acids is 1. The van der Waals surface area contributed by atoms with E-state index in [4.69, 9.17) is 9.63 Å². The zero-order valence-electron chi connectivity index (χ0n) is 11.6. The largest absolute Gasteiger partial charge is 0.392 e. The molecule has 0 fully saturated rings. The van der Waals surface area contributed by atoms with Crippen LogP contribution in [0, 0.1) is 6.92 Å². The highest BCUT2D eigenvalue weighted by Gasteiger charge is 2.18. The molecule has 2 aromatic rings. The van der Waals surface area contributed by atoms with Gasteiger partial charge in [-0.15, -0.1) is 0 Å². The molecule has 0 bridgehead atoms. The molecule has 0 saturated carbocycles. The highest BCUT2D eigenvalue weighted by molar-refractivity contribution is 5.96. The summed E-state index contributed by atoms with van der Waals surface area (Å²) in [6.45, 7) is 4.11. The lowest BCUT2D eigenvalue weighted by Crippen LogP contribution is -2.24. The number of aliphatic hydroxyl groups is 1. The minimum absolute atomic E-state index is 0.0202. The molecule has 20 heavy (non-hydrogen) atoms. The van der Waals surface area contributed by atoms with Gasteiger partial charge < -0.3 is 14.9 Å². The van der Waals surface area contributed by atoms with Crippen LogP contribution in [0.1, 0.15) is 39.9 Å². The summed E-state index contributed by atoms with van der Waals surface area (Å²) >= 11 is 0. The van der Waals surface area contributed by atoms with Crippen molar-refractivity contribution in [1.82, 2.24) is 10.5 Å². The van der Waals surface area contributed by atoms with E-state index in [1.165, 1.54) is 0 Å². The fourth-order valence-corrected chi connectivity index (χ4v) is 1.98. The smallest absolute Gasteiger partial charge is 0.257 e. The molecule has 0 aliphatic carbocycles. The van der Waals surface area contributed by atoms with Crippen molar-refractivity contribution < 1.29 is 14.4 Å². The van der Waals surface area contributed by atoms with E-state index < -0.39 is 0 Å². The number of carbonyl (C=O) groups is 1. The lowest BCUT2D eigenvalue weighted by atomic mass is 10.1. The number of hydrogen-bond donors (Lipinski definition) is 2. The van der Waals surface area contributed by atoms with Crippen LogP contribution in [0.4, 0.5) is 0 Å². The van der Waals surface area contributed by atoms with Gasteiger partial charge in [-0.05, 0) is 24.5 Å². The van der Waals surface area contributed by atoms with Gasteiger partial charge in [0.2, 0.25) is 0 Å². The van der Waals surface area contributed by atoms with Crippen LogP contribution in [-0.2, 0) is 19.6 Å². The lowest BCUT2D eigenvalue weighted by molar-refractivity contribution is 0.0948. The van der Waals surface area contributed by atoms with Crippen molar-refractivity contribution in [3.05, 3.63) is 52.4 Å². The summed E-state index contributed by atoms with van der Waals surface area (Å²) in [5.74, 6) is 0.363. The third-order valence-electron chi connectivity index (χ3n) is 3.15. The molecule has 1 aromatic carbocycles. The molecule has 0 unspecified atom stereocenters. The van der Waals surface area contributed by atoms with E-state index in [2.05, 4.69) is 10.5 Å². The number of amides is 1. The minimum Gasteiger partial charge on any atom is -0.392 e. The number of aryl methyl sites for hydroxylation is 2. The molecule has 5 heteroatoms. The second-order valence-corrected chi connectivity index (χ2v) is 4.57. The van der Waals surface area contributed by atoms with Crippen molar-refractivity contribution in [1.29, 1.82) is 0 Å². The Bertz CT molecular complexity index is 588. The van der Waals surface area contributed by atoms with Gasteiger partial charge in [-0.3, -0.25) is 4.79 Å². The molecule has 2 rings (SSSR count). The minimum atomic E-state index is -0.174. The quantitative estimate of drug-likeness (QED) is 0.874. The van der Waals surface area contributed by atoms with Crippen LogP contribution in [0.5, 0.6) is 0 Å². The summed E-state index contributed by atoms with van der Waals surface area (Å²) in [6, 6.07) is 7.44. The van der Waals surface area contributed by atoms with Crippen LogP contribution in [0.15, 0.2) is 28.8 Å². The molecule has 1 heterocycles. The second-order valence-electron chi connectivity index (χ2n) is 4.57. The monoisotopic (exact) mass is 274 g/mol. The maximum Gasteiger partial charge on any atom is 0.257 e. The molecular formula is C15H18N2O3. The average molecular weight is 274 g/mol. The first-order valence-electron chi connectivity index (χ1n) is 6.57. The summed E-state index contributed by atoms with van der Waals surface area (Å²) in [5.41, 5.74) is 3.03. The van der Waals surface area contributed by atoms with Gasteiger partial charge in [0.15, 0.2) is 0 Å². The summed E-state index contributed by atoms with van der Waals surface area (Å²) in [6.07, 6.45) is 0.658. The van der Waals surface area contributed by atoms with Gasteiger partial charge >= 0.3 is 0 Å². The fraction of sp³-hybridized carbons (Fsp3) is 0.333. The Morgan fingerprint density at radius 2 is 1.95 bits per heavy atom. The van der Waals surface area contributed by atoms with E-state index in [1.54, 1.807) is 6.92 Å². The molecule has 0 atom stereocenters. The number of rotatable bonds is 5. The zero-order valence-corrected chi connectivity index (χ0v) is 11.6. The van der Waals surface area contributed by atoms with Crippen molar-refractivity contribution >= 4 is 5.91 Å². The Morgan fingerprint density at radius 1 is 1.30 bits per heavy atom. The van der Waals surface area contributed by atoms with Crippen molar-refractivity contribution in [2.75, 3.05) is 0 Å². The van der Waals surface area contributed by atoms with Gasteiger partial charge in [-0.25, -0.2) is 0 Å². The van der Waals surface area contributed by atoms with Gasteiger partial charge in [-0.2, -0.15) is 0 Å². The third-order valence-corrected chi connectivity index (χ3v) is 3.15. The van der Waals surface area contributed by atoms with E-state index in [-0.39, 0.29) is 12.5 Å². The first-order chi connectivity index (χ1) is 9.65. The predicted molar refractivity (Wildman–Crippen MR) is 74.2 cm³/mol. The van der Waals surface area contributed by atoms with Crippen molar-refractivity contribution in [2.45, 2.75) is 33.4 Å². The number of aliphatic hydroxyl groups excluding tert-OH is 1. The van der Waals surface area contributed by atoms with Gasteiger partial charge in [0.1, 0.15) is 11.3 Å². The number of aromatic nitrogens is 1. The Labute approximate surface area is 117 Å². The van der Waals surface area contributed by atoms with E-state index >= 15 is 0 Å².